The second-order valence-corrected chi connectivity index (χ2v) is 4.62. The summed E-state index contributed by atoms with van der Waals surface area (Å²) in [4.78, 5) is 0.675. The largest absolute Gasteiger partial charge is 0.468 e. The number of nitrogens with two attached hydrogens (primary N) is 1. The molecule has 2 N–H and O–H groups in total. The van der Waals surface area contributed by atoms with Crippen molar-refractivity contribution in [1.29, 1.82) is 0 Å². The highest BCUT2D eigenvalue weighted by molar-refractivity contribution is 7.98. The van der Waals surface area contributed by atoms with Crippen molar-refractivity contribution in [3.63, 3.8) is 0 Å². The number of benzene rings is 1. The Morgan fingerprint density at radius 1 is 1.24 bits per heavy atom. The molecule has 2 nitrogen and oxygen atoms in total. The van der Waals surface area contributed by atoms with E-state index in [2.05, 4.69) is 0 Å². The molecule has 0 bridgehead atoms. The summed E-state index contributed by atoms with van der Waals surface area (Å²) >= 11 is 1.45. The summed E-state index contributed by atoms with van der Waals surface area (Å²) in [7, 11) is 0. The third-order valence-corrected chi connectivity index (χ3v) is 3.58. The van der Waals surface area contributed by atoms with Crippen LogP contribution in [0.5, 0.6) is 0 Å². The van der Waals surface area contributed by atoms with Crippen LogP contribution in [0.2, 0.25) is 0 Å². The Morgan fingerprint density at radius 2 is 2.12 bits per heavy atom. The second kappa shape index (κ2) is 5.89. The van der Waals surface area contributed by atoms with E-state index in [4.69, 9.17) is 10.2 Å². The van der Waals surface area contributed by atoms with Crippen LogP contribution in [-0.4, -0.2) is 6.54 Å². The minimum atomic E-state index is -0.187. The number of thioether (sulfide) groups is 1. The van der Waals surface area contributed by atoms with Crippen molar-refractivity contribution in [2.45, 2.75) is 17.1 Å². The van der Waals surface area contributed by atoms with Crippen LogP contribution in [-0.2, 0) is 12.2 Å². The summed E-state index contributed by atoms with van der Waals surface area (Å²) in [6, 6.07) is 8.83. The molecule has 0 unspecified atom stereocenters. The highest BCUT2D eigenvalue weighted by Gasteiger charge is 2.09. The lowest BCUT2D eigenvalue weighted by molar-refractivity contribution is 0.530. The lowest BCUT2D eigenvalue weighted by Gasteiger charge is -2.08. The first-order valence-corrected chi connectivity index (χ1v) is 6.42. The number of halogens is 1. The number of rotatable bonds is 5. The standard InChI is InChI=1S/C13H14FNOS/c14-12-5-1-3-10(6-7-15)13(12)17-9-11-4-2-8-16-11/h1-5,8H,6-7,9,15H2. The average Bonchev–Trinajstić information content (AvgIpc) is 2.82. The highest BCUT2D eigenvalue weighted by atomic mass is 32.2. The molecule has 90 valence electrons. The molecule has 17 heavy (non-hydrogen) atoms. The maximum Gasteiger partial charge on any atom is 0.137 e. The Labute approximate surface area is 104 Å². The molecule has 0 aliphatic heterocycles. The second-order valence-electron chi connectivity index (χ2n) is 3.63. The van der Waals surface area contributed by atoms with E-state index in [0.717, 1.165) is 11.3 Å². The molecule has 0 atom stereocenters. The fourth-order valence-electron chi connectivity index (χ4n) is 1.61. The van der Waals surface area contributed by atoms with Crippen LogP contribution >= 0.6 is 11.8 Å². The molecule has 1 aromatic heterocycles. The Kier molecular flexibility index (Phi) is 4.23. The first-order valence-electron chi connectivity index (χ1n) is 5.44. The minimum Gasteiger partial charge on any atom is -0.468 e. The Bertz CT molecular complexity index is 470. The molecule has 0 aliphatic rings. The van der Waals surface area contributed by atoms with E-state index in [0.29, 0.717) is 23.6 Å². The van der Waals surface area contributed by atoms with Gasteiger partial charge < -0.3 is 10.2 Å². The molecule has 0 saturated heterocycles. The zero-order valence-electron chi connectivity index (χ0n) is 9.36. The van der Waals surface area contributed by atoms with Gasteiger partial charge in [0.2, 0.25) is 0 Å². The van der Waals surface area contributed by atoms with Gasteiger partial charge in [-0.15, -0.1) is 11.8 Å². The van der Waals surface area contributed by atoms with Gasteiger partial charge in [-0.25, -0.2) is 4.39 Å². The summed E-state index contributed by atoms with van der Waals surface area (Å²) in [6.07, 6.45) is 2.32. The quantitative estimate of drug-likeness (QED) is 0.829. The van der Waals surface area contributed by atoms with Crippen LogP contribution in [0, 0.1) is 5.82 Å². The molecule has 1 aromatic carbocycles. The molecule has 0 saturated carbocycles. The summed E-state index contributed by atoms with van der Waals surface area (Å²) in [5.74, 6) is 1.29. The summed E-state index contributed by atoms with van der Waals surface area (Å²) in [6.45, 7) is 0.526. The van der Waals surface area contributed by atoms with Gasteiger partial charge in [-0.05, 0) is 36.7 Å². The van der Waals surface area contributed by atoms with Gasteiger partial charge in [-0.1, -0.05) is 12.1 Å². The van der Waals surface area contributed by atoms with Gasteiger partial charge in [0.1, 0.15) is 11.6 Å². The van der Waals surface area contributed by atoms with Crippen LogP contribution < -0.4 is 5.73 Å². The topological polar surface area (TPSA) is 39.2 Å². The third kappa shape index (κ3) is 3.11. The van der Waals surface area contributed by atoms with Crippen LogP contribution in [0.3, 0.4) is 0 Å². The fourth-order valence-corrected chi connectivity index (χ4v) is 2.62. The van der Waals surface area contributed by atoms with Crippen molar-refractivity contribution < 1.29 is 8.81 Å². The lowest BCUT2D eigenvalue weighted by atomic mass is 10.1. The van der Waals surface area contributed by atoms with Crippen molar-refractivity contribution in [1.82, 2.24) is 0 Å². The van der Waals surface area contributed by atoms with Crippen LogP contribution in [0.1, 0.15) is 11.3 Å². The van der Waals surface area contributed by atoms with Gasteiger partial charge >= 0.3 is 0 Å². The van der Waals surface area contributed by atoms with Crippen molar-refractivity contribution in [2.24, 2.45) is 5.73 Å². The molecule has 0 spiro atoms. The normalized spacial score (nSPS) is 10.7. The van der Waals surface area contributed by atoms with Crippen LogP contribution in [0.25, 0.3) is 0 Å². The molecule has 2 aromatic rings. The van der Waals surface area contributed by atoms with E-state index in [1.54, 1.807) is 12.3 Å². The lowest BCUT2D eigenvalue weighted by Crippen LogP contribution is -2.04. The molecule has 2 rings (SSSR count). The summed E-state index contributed by atoms with van der Waals surface area (Å²) in [5, 5.41) is 0. The molecule has 0 radical (unpaired) electrons. The predicted molar refractivity (Wildman–Crippen MR) is 67.4 cm³/mol. The average molecular weight is 251 g/mol. The first kappa shape index (κ1) is 12.2. The van der Waals surface area contributed by atoms with E-state index < -0.39 is 0 Å². The van der Waals surface area contributed by atoms with Crippen LogP contribution in [0.4, 0.5) is 4.39 Å². The molecule has 0 fully saturated rings. The molecule has 0 aliphatic carbocycles. The van der Waals surface area contributed by atoms with Crippen molar-refractivity contribution >= 4 is 11.8 Å². The molecule has 0 amide bonds. The van der Waals surface area contributed by atoms with Gasteiger partial charge in [-0.3, -0.25) is 0 Å². The van der Waals surface area contributed by atoms with Crippen molar-refractivity contribution in [3.05, 3.63) is 53.7 Å². The Morgan fingerprint density at radius 3 is 2.82 bits per heavy atom. The van der Waals surface area contributed by atoms with Gasteiger partial charge in [-0.2, -0.15) is 0 Å². The summed E-state index contributed by atoms with van der Waals surface area (Å²) in [5.41, 5.74) is 6.48. The number of furan rings is 1. The summed E-state index contributed by atoms with van der Waals surface area (Å²) < 4.78 is 18.9. The SMILES string of the molecule is NCCc1cccc(F)c1SCc1ccco1. The maximum atomic E-state index is 13.7. The van der Waals surface area contributed by atoms with E-state index in [1.165, 1.54) is 17.8 Å². The van der Waals surface area contributed by atoms with Crippen molar-refractivity contribution in [3.8, 4) is 0 Å². The Balaban J connectivity index is 2.13. The Hall–Kier alpha value is -1.26. The highest BCUT2D eigenvalue weighted by Crippen LogP contribution is 2.29. The number of hydrogen-bond donors (Lipinski definition) is 1. The minimum absolute atomic E-state index is 0.187. The van der Waals surface area contributed by atoms with Gasteiger partial charge in [0.15, 0.2) is 0 Å². The molecular weight excluding hydrogens is 237 g/mol. The van der Waals surface area contributed by atoms with Crippen molar-refractivity contribution in [2.75, 3.05) is 6.54 Å². The maximum absolute atomic E-state index is 13.7. The number of hydrogen-bond acceptors (Lipinski definition) is 3. The van der Waals surface area contributed by atoms with E-state index in [9.17, 15) is 4.39 Å². The van der Waals surface area contributed by atoms with Gasteiger partial charge in [0.25, 0.3) is 0 Å². The van der Waals surface area contributed by atoms with E-state index >= 15 is 0 Å². The van der Waals surface area contributed by atoms with Gasteiger partial charge in [0, 0.05) is 4.90 Å². The molecular formula is C13H14FNOS. The van der Waals surface area contributed by atoms with Crippen LogP contribution in [0.15, 0.2) is 45.9 Å². The first-order chi connectivity index (χ1) is 8.31. The third-order valence-electron chi connectivity index (χ3n) is 2.40. The fraction of sp³-hybridized carbons (Fsp3) is 0.231. The van der Waals surface area contributed by atoms with E-state index in [-0.39, 0.29) is 5.82 Å². The predicted octanol–water partition coefficient (Wildman–Crippen LogP) is 3.21. The smallest absolute Gasteiger partial charge is 0.137 e. The monoisotopic (exact) mass is 251 g/mol. The zero-order valence-corrected chi connectivity index (χ0v) is 10.2. The van der Waals surface area contributed by atoms with E-state index in [1.807, 2.05) is 18.2 Å². The molecule has 4 heteroatoms. The zero-order chi connectivity index (χ0) is 12.1. The van der Waals surface area contributed by atoms with Gasteiger partial charge in [0.05, 0.1) is 12.0 Å². The molecule has 1 heterocycles.